The largest absolute Gasteiger partial charge is 0.497 e. The van der Waals surface area contributed by atoms with E-state index in [9.17, 15) is 14.4 Å². The minimum absolute atomic E-state index is 0.0154. The fourth-order valence-electron chi connectivity index (χ4n) is 4.33. The second-order valence-corrected chi connectivity index (χ2v) is 11.4. The summed E-state index contributed by atoms with van der Waals surface area (Å²) in [5, 5.41) is 8.21. The minimum Gasteiger partial charge on any atom is -0.497 e. The molecule has 9 heteroatoms. The summed E-state index contributed by atoms with van der Waals surface area (Å²) in [4.78, 5) is 40.3. The summed E-state index contributed by atoms with van der Waals surface area (Å²) >= 11 is 1.37. The van der Waals surface area contributed by atoms with Crippen molar-refractivity contribution in [1.29, 1.82) is 0 Å². The Morgan fingerprint density at radius 1 is 0.818 bits per heavy atom. The second kappa shape index (κ2) is 14.9. The Kier molecular flexibility index (Phi) is 10.8. The quantitative estimate of drug-likeness (QED) is 0.127. The van der Waals surface area contributed by atoms with E-state index in [1.165, 1.54) is 18.9 Å². The van der Waals surface area contributed by atoms with Crippen molar-refractivity contribution in [3.05, 3.63) is 119 Å². The number of carbonyl (C=O) groups is 3. The number of rotatable bonds is 11. The molecule has 44 heavy (non-hydrogen) atoms. The normalized spacial score (nSPS) is 11.7. The van der Waals surface area contributed by atoms with Gasteiger partial charge in [0.25, 0.3) is 11.8 Å². The van der Waals surface area contributed by atoms with Crippen molar-refractivity contribution >= 4 is 46.9 Å². The number of ether oxygens (including phenoxy) is 2. The molecule has 0 heterocycles. The van der Waals surface area contributed by atoms with E-state index in [0.29, 0.717) is 28.3 Å². The molecule has 4 aromatic carbocycles. The summed E-state index contributed by atoms with van der Waals surface area (Å²) in [5.74, 6) is -0.0410. The average molecular weight is 610 g/mol. The van der Waals surface area contributed by atoms with Gasteiger partial charge in [0.2, 0.25) is 5.91 Å². The highest BCUT2D eigenvalue weighted by atomic mass is 32.2. The fraction of sp³-hybridized carbons (Fsp3) is 0.171. The summed E-state index contributed by atoms with van der Waals surface area (Å²) in [7, 11) is 3.06. The SMILES string of the molecule is COc1ccc(/C=C(/NC(=O)c2ccccc2)C(=O)Nc2cccc(SC(C)C(=O)Nc3ccc(C)cc3C)c2)c(OC)c1. The molecule has 1 atom stereocenters. The lowest BCUT2D eigenvalue weighted by Gasteiger charge is -2.15. The standard InChI is InChI=1S/C35H35N3O5S/c1-22-14-17-30(23(2)18-22)37-33(39)24(3)44-29-13-9-12-27(20-29)36-35(41)31(38-34(40)25-10-7-6-8-11-25)19-26-15-16-28(42-4)21-32(26)43-5/h6-21,24H,1-5H3,(H,36,41)(H,37,39)(H,38,40)/b31-19+. The van der Waals surface area contributed by atoms with E-state index in [0.717, 1.165) is 21.7 Å². The number of amides is 3. The Morgan fingerprint density at radius 2 is 1.59 bits per heavy atom. The molecule has 0 saturated carbocycles. The van der Waals surface area contributed by atoms with Crippen molar-refractivity contribution < 1.29 is 23.9 Å². The third kappa shape index (κ3) is 8.52. The molecule has 0 aliphatic rings. The number of carbonyl (C=O) groups excluding carboxylic acids is 3. The van der Waals surface area contributed by atoms with Gasteiger partial charge in [-0.1, -0.05) is 42.0 Å². The maximum atomic E-state index is 13.6. The molecule has 8 nitrogen and oxygen atoms in total. The van der Waals surface area contributed by atoms with Crippen molar-refractivity contribution in [3.63, 3.8) is 0 Å². The van der Waals surface area contributed by atoms with Crippen LogP contribution in [0.2, 0.25) is 0 Å². The zero-order valence-electron chi connectivity index (χ0n) is 25.3. The van der Waals surface area contributed by atoms with Crippen LogP contribution in [-0.2, 0) is 9.59 Å². The van der Waals surface area contributed by atoms with Crippen LogP contribution in [0.1, 0.15) is 34.0 Å². The molecule has 0 fully saturated rings. The lowest BCUT2D eigenvalue weighted by atomic mass is 10.1. The smallest absolute Gasteiger partial charge is 0.272 e. The van der Waals surface area contributed by atoms with Crippen LogP contribution in [0.4, 0.5) is 11.4 Å². The first kappa shape index (κ1) is 31.9. The number of hydrogen-bond donors (Lipinski definition) is 3. The third-order valence-corrected chi connectivity index (χ3v) is 7.78. The number of benzene rings is 4. The number of nitrogens with one attached hydrogen (secondary N) is 3. The van der Waals surface area contributed by atoms with Gasteiger partial charge in [-0.2, -0.15) is 0 Å². The number of hydrogen-bond acceptors (Lipinski definition) is 6. The molecule has 4 aromatic rings. The van der Waals surface area contributed by atoms with Gasteiger partial charge in [-0.25, -0.2) is 0 Å². The van der Waals surface area contributed by atoms with Gasteiger partial charge in [0.05, 0.1) is 19.5 Å². The topological polar surface area (TPSA) is 106 Å². The van der Waals surface area contributed by atoms with E-state index < -0.39 is 17.1 Å². The lowest BCUT2D eigenvalue weighted by molar-refractivity contribution is -0.115. The molecule has 1 unspecified atom stereocenters. The van der Waals surface area contributed by atoms with Crippen LogP contribution >= 0.6 is 11.8 Å². The Hall–Kier alpha value is -5.02. The maximum absolute atomic E-state index is 13.6. The van der Waals surface area contributed by atoms with Crippen LogP contribution in [0.25, 0.3) is 6.08 Å². The minimum atomic E-state index is -0.532. The van der Waals surface area contributed by atoms with E-state index in [1.807, 2.05) is 51.1 Å². The molecule has 0 saturated heterocycles. The zero-order valence-corrected chi connectivity index (χ0v) is 26.1. The van der Waals surface area contributed by atoms with Crippen molar-refractivity contribution in [3.8, 4) is 11.5 Å². The van der Waals surface area contributed by atoms with Crippen molar-refractivity contribution in [1.82, 2.24) is 5.32 Å². The molecule has 0 aliphatic carbocycles. The van der Waals surface area contributed by atoms with Gasteiger partial charge in [-0.3, -0.25) is 14.4 Å². The molecule has 0 bridgehead atoms. The van der Waals surface area contributed by atoms with Crippen molar-refractivity contribution in [2.75, 3.05) is 24.9 Å². The zero-order chi connectivity index (χ0) is 31.6. The van der Waals surface area contributed by atoms with Crippen LogP contribution in [-0.4, -0.2) is 37.2 Å². The molecule has 226 valence electrons. The van der Waals surface area contributed by atoms with Crippen LogP contribution in [0, 0.1) is 13.8 Å². The van der Waals surface area contributed by atoms with Gasteiger partial charge in [0.15, 0.2) is 0 Å². The van der Waals surface area contributed by atoms with Gasteiger partial charge in [0.1, 0.15) is 17.2 Å². The summed E-state index contributed by atoms with van der Waals surface area (Å²) in [6, 6.07) is 26.9. The molecule has 0 radical (unpaired) electrons. The molecule has 0 aliphatic heterocycles. The predicted octanol–water partition coefficient (Wildman–Crippen LogP) is 6.85. The highest BCUT2D eigenvalue weighted by Gasteiger charge is 2.18. The predicted molar refractivity (Wildman–Crippen MR) is 176 cm³/mol. The monoisotopic (exact) mass is 609 g/mol. The summed E-state index contributed by atoms with van der Waals surface area (Å²) < 4.78 is 10.8. The summed E-state index contributed by atoms with van der Waals surface area (Å²) in [6.45, 7) is 5.80. The maximum Gasteiger partial charge on any atom is 0.272 e. The van der Waals surface area contributed by atoms with Crippen LogP contribution in [0.3, 0.4) is 0 Å². The van der Waals surface area contributed by atoms with Crippen molar-refractivity contribution in [2.24, 2.45) is 0 Å². The van der Waals surface area contributed by atoms with Gasteiger partial charge < -0.3 is 25.4 Å². The number of methoxy groups -OCH3 is 2. The fourth-order valence-corrected chi connectivity index (χ4v) is 5.25. The van der Waals surface area contributed by atoms with Gasteiger partial charge >= 0.3 is 0 Å². The lowest BCUT2D eigenvalue weighted by Crippen LogP contribution is -2.30. The first-order valence-corrected chi connectivity index (χ1v) is 14.8. The molecule has 3 N–H and O–H groups in total. The Morgan fingerprint density at radius 3 is 2.30 bits per heavy atom. The third-order valence-electron chi connectivity index (χ3n) is 6.68. The summed E-state index contributed by atoms with van der Waals surface area (Å²) in [6.07, 6.45) is 1.55. The van der Waals surface area contributed by atoms with Crippen LogP contribution in [0.5, 0.6) is 11.5 Å². The Labute approximate surface area is 261 Å². The number of aryl methyl sites for hydroxylation is 2. The molecular weight excluding hydrogens is 574 g/mol. The van der Waals surface area contributed by atoms with E-state index >= 15 is 0 Å². The average Bonchev–Trinajstić information content (AvgIpc) is 3.02. The Bertz CT molecular complexity index is 1690. The van der Waals surface area contributed by atoms with E-state index in [2.05, 4.69) is 16.0 Å². The molecule has 4 rings (SSSR count). The van der Waals surface area contributed by atoms with E-state index in [1.54, 1.807) is 73.8 Å². The summed E-state index contributed by atoms with van der Waals surface area (Å²) in [5.41, 5.74) is 4.39. The molecule has 0 spiro atoms. The molecule has 0 aromatic heterocycles. The molecular formula is C35H35N3O5S. The second-order valence-electron chi connectivity index (χ2n) is 10.0. The first-order chi connectivity index (χ1) is 21.2. The highest BCUT2D eigenvalue weighted by molar-refractivity contribution is 8.00. The number of thioether (sulfide) groups is 1. The molecule has 3 amide bonds. The van der Waals surface area contributed by atoms with Gasteiger partial charge in [-0.15, -0.1) is 11.8 Å². The first-order valence-electron chi connectivity index (χ1n) is 13.9. The Balaban J connectivity index is 1.53. The van der Waals surface area contributed by atoms with Gasteiger partial charge in [0, 0.05) is 33.5 Å². The van der Waals surface area contributed by atoms with E-state index in [-0.39, 0.29) is 11.6 Å². The van der Waals surface area contributed by atoms with E-state index in [4.69, 9.17) is 9.47 Å². The van der Waals surface area contributed by atoms with Crippen LogP contribution in [0.15, 0.2) is 102 Å². The van der Waals surface area contributed by atoms with Crippen LogP contribution < -0.4 is 25.4 Å². The number of anilines is 2. The van der Waals surface area contributed by atoms with Crippen molar-refractivity contribution in [2.45, 2.75) is 30.9 Å². The highest BCUT2D eigenvalue weighted by Crippen LogP contribution is 2.29. The van der Waals surface area contributed by atoms with Gasteiger partial charge in [-0.05, 0) is 80.9 Å².